The summed E-state index contributed by atoms with van der Waals surface area (Å²) in [4.78, 5) is 12.3. The maximum Gasteiger partial charge on any atom is 0.220 e. The number of carbonyl (C=O) groups excluding carboxylic acids is 1. The topological polar surface area (TPSA) is 550 Å². The van der Waals surface area contributed by atoms with Gasteiger partial charge in [-0.1, -0.05) is 0 Å². The predicted molar refractivity (Wildman–Crippen MR) is 239 cm³/mol. The molecule has 0 aromatic heterocycles. The second-order valence-corrected chi connectivity index (χ2v) is 19.2. The third-order valence-electron chi connectivity index (χ3n) is 14.0. The average molecular weight is 1130 g/mol. The molecule has 0 aromatic rings. The van der Waals surface area contributed by atoms with Gasteiger partial charge in [-0.3, -0.25) is 4.79 Å². The number of amides is 1. The van der Waals surface area contributed by atoms with E-state index in [2.05, 4.69) is 5.32 Å². The molecule has 0 aliphatic carbocycles. The fourth-order valence-corrected chi connectivity index (χ4v) is 9.43. The molecule has 30 atom stereocenters. The minimum Gasteiger partial charge on any atom is -0.394 e. The van der Waals surface area contributed by atoms with Crippen LogP contribution in [0.5, 0.6) is 0 Å². The number of rotatable bonds is 24. The quantitative estimate of drug-likeness (QED) is 0.0399. The number of hydrogen-bond acceptors (Lipinski definition) is 33. The molecule has 0 spiro atoms. The van der Waals surface area contributed by atoms with Crippen LogP contribution in [0.1, 0.15) is 19.3 Å². The van der Waals surface area contributed by atoms with Crippen LogP contribution in [0, 0.1) is 0 Å². The highest BCUT2D eigenvalue weighted by molar-refractivity contribution is 5.75. The molecule has 450 valence electrons. The van der Waals surface area contributed by atoms with Crippen LogP contribution in [0.3, 0.4) is 0 Å². The minimum absolute atomic E-state index is 0.108. The van der Waals surface area contributed by atoms with E-state index in [1.54, 1.807) is 0 Å². The molecule has 0 saturated carbocycles. The monoisotopic (exact) mass is 1130 g/mol. The van der Waals surface area contributed by atoms with Gasteiger partial charge in [0.15, 0.2) is 37.7 Å². The van der Waals surface area contributed by atoms with E-state index in [1.165, 1.54) is 0 Å². The Morgan fingerprint density at radius 2 is 0.675 bits per heavy atom. The first-order chi connectivity index (χ1) is 36.7. The molecular formula is C43H76N2O32. The Kier molecular flexibility index (Phi) is 24.6. The van der Waals surface area contributed by atoms with Crippen molar-refractivity contribution in [3.05, 3.63) is 0 Å². The van der Waals surface area contributed by atoms with Crippen molar-refractivity contribution in [3.8, 4) is 0 Å². The zero-order valence-electron chi connectivity index (χ0n) is 41.2. The zero-order valence-corrected chi connectivity index (χ0v) is 41.2. The number of aliphatic hydroxyl groups excluding tert-OH is 19. The van der Waals surface area contributed by atoms with Crippen LogP contribution in [0.4, 0.5) is 0 Å². The normalized spacial score (nSPS) is 47.9. The van der Waals surface area contributed by atoms with Gasteiger partial charge in [0.05, 0.1) is 46.2 Å². The van der Waals surface area contributed by atoms with Crippen LogP contribution < -0.4 is 11.1 Å². The minimum atomic E-state index is -2.34. The molecule has 6 fully saturated rings. The Bertz CT molecular complexity index is 1760. The Morgan fingerprint density at radius 1 is 0.364 bits per heavy atom. The van der Waals surface area contributed by atoms with Gasteiger partial charge in [-0.05, 0) is 19.4 Å². The van der Waals surface area contributed by atoms with Crippen molar-refractivity contribution in [3.63, 3.8) is 0 Å². The lowest BCUT2D eigenvalue weighted by atomic mass is 9.95. The summed E-state index contributed by atoms with van der Waals surface area (Å²) >= 11 is 0. The first-order valence-corrected chi connectivity index (χ1v) is 25.0. The molecule has 34 nitrogen and oxygen atoms in total. The van der Waals surface area contributed by atoms with E-state index in [4.69, 9.17) is 62.6 Å². The summed E-state index contributed by atoms with van der Waals surface area (Å²) in [6, 6.07) is 0. The Hall–Kier alpha value is -1.81. The summed E-state index contributed by atoms with van der Waals surface area (Å²) in [7, 11) is 0. The lowest BCUT2D eigenvalue weighted by Crippen LogP contribution is -2.69. The fourth-order valence-electron chi connectivity index (χ4n) is 9.43. The number of ether oxygens (including phenoxy) is 12. The molecule has 6 saturated heterocycles. The maximum atomic E-state index is 12.3. The Labute approximate surface area is 438 Å². The number of aliphatic hydroxyl groups is 19. The van der Waals surface area contributed by atoms with Gasteiger partial charge in [-0.25, -0.2) is 0 Å². The van der Waals surface area contributed by atoms with Crippen molar-refractivity contribution in [1.82, 2.24) is 5.32 Å². The summed E-state index contributed by atoms with van der Waals surface area (Å²) in [6.07, 6.45) is -58.2. The number of nitrogens with two attached hydrogens (primary N) is 1. The highest BCUT2D eigenvalue weighted by Crippen LogP contribution is 2.38. The lowest BCUT2D eigenvalue weighted by Gasteiger charge is -2.50. The summed E-state index contributed by atoms with van der Waals surface area (Å²) in [5, 5.41) is 207. The molecule has 6 rings (SSSR count). The molecule has 77 heavy (non-hydrogen) atoms. The van der Waals surface area contributed by atoms with E-state index < -0.39 is 224 Å². The average Bonchev–Trinajstić information content (AvgIpc) is 3.42. The fraction of sp³-hybridized carbons (Fsp3) is 0.977. The summed E-state index contributed by atoms with van der Waals surface area (Å²) in [6.45, 7) is -5.90. The molecule has 0 aromatic carbocycles. The maximum absolute atomic E-state index is 12.3. The molecule has 1 amide bonds. The Balaban J connectivity index is 1.25. The van der Waals surface area contributed by atoms with Crippen molar-refractivity contribution in [2.24, 2.45) is 5.73 Å². The Morgan fingerprint density at radius 3 is 1.06 bits per heavy atom. The summed E-state index contributed by atoms with van der Waals surface area (Å²) in [5.74, 6) is -0.341. The van der Waals surface area contributed by atoms with E-state index in [0.717, 1.165) is 0 Å². The van der Waals surface area contributed by atoms with Crippen LogP contribution in [0.15, 0.2) is 0 Å². The van der Waals surface area contributed by atoms with E-state index in [1.807, 2.05) is 0 Å². The number of hydrogen-bond donors (Lipinski definition) is 21. The highest BCUT2D eigenvalue weighted by Gasteiger charge is 2.58. The third kappa shape index (κ3) is 14.7. The van der Waals surface area contributed by atoms with Crippen LogP contribution >= 0.6 is 0 Å². The third-order valence-corrected chi connectivity index (χ3v) is 14.0. The largest absolute Gasteiger partial charge is 0.394 e. The first-order valence-electron chi connectivity index (χ1n) is 25.0. The van der Waals surface area contributed by atoms with Crippen LogP contribution in [0.2, 0.25) is 0 Å². The van der Waals surface area contributed by atoms with Crippen LogP contribution in [-0.4, -0.2) is 347 Å². The SMILES string of the molecule is NCCCCC(=O)NCCO[C@H]1OC(CO)[C@@H](O)[C@H](O)C1O[C@H]1OC(CO)[C@@H](O)[C@H](O)C1O[C@@H]1OC(CO)[C@@H](O)[C@H](O[C@H]2OC(CO)[C@@H](O)[C@H](O)C2O[C@H]2OC(CO)[C@@H](O)[C@H](O)C2O[C@@H]2OC(CO)[C@@H](O)[C@H](O)C2O)C1O. The standard InChI is InChI=1S/C43H76N2O32/c44-4-2-1-3-19(52)45-5-6-66-40-34(27(60)21(54)14(8-47)69-40)76-42-36(29(62)23(56)16(10-49)71-42)75-39-32(65)33(25(58)18(12-51)68-39)73-41-37(30(63)24(57)15(9-48)70-41)77-43-35(28(61)22(55)17(11-50)72-43)74-38-31(64)26(59)20(53)13(7-46)67-38/h13-18,20-43,46-51,53-65H,1-12,44H2,(H,45,52)/t13?,14?,15?,16?,17?,18?,20-,21-,22-,23-,24-,25-,26+,27+,28+,29+,30+,31?,32?,33+,34?,35?,36?,37?,38+,39+,40+,41-,42-,43-/m1/s1. The van der Waals surface area contributed by atoms with Crippen molar-refractivity contribution in [1.29, 1.82) is 0 Å². The van der Waals surface area contributed by atoms with Crippen LogP contribution in [-0.2, 0) is 61.6 Å². The molecule has 6 heterocycles. The molecule has 6 aliphatic heterocycles. The second kappa shape index (κ2) is 29.4. The summed E-state index contributed by atoms with van der Waals surface area (Å²) < 4.78 is 69.1. The van der Waals surface area contributed by atoms with Gasteiger partial charge in [0.2, 0.25) is 5.91 Å². The van der Waals surface area contributed by atoms with E-state index >= 15 is 0 Å². The zero-order chi connectivity index (χ0) is 56.6. The molecule has 6 aliphatic rings. The molecule has 0 radical (unpaired) electrons. The van der Waals surface area contributed by atoms with E-state index in [9.17, 15) is 102 Å². The van der Waals surface area contributed by atoms with Crippen molar-refractivity contribution in [2.75, 3.05) is 59.3 Å². The molecule has 12 unspecified atom stereocenters. The molecule has 0 bridgehead atoms. The lowest BCUT2D eigenvalue weighted by molar-refractivity contribution is -0.411. The first kappa shape index (κ1) is 64.4. The van der Waals surface area contributed by atoms with E-state index in [-0.39, 0.29) is 25.5 Å². The predicted octanol–water partition coefficient (Wildman–Crippen LogP) is -13.8. The molecular weight excluding hydrogens is 1060 g/mol. The van der Waals surface area contributed by atoms with Crippen molar-refractivity contribution >= 4 is 5.91 Å². The van der Waals surface area contributed by atoms with Gasteiger partial charge in [-0.2, -0.15) is 0 Å². The van der Waals surface area contributed by atoms with Gasteiger partial charge < -0.3 is 165 Å². The van der Waals surface area contributed by atoms with Gasteiger partial charge in [-0.15, -0.1) is 0 Å². The van der Waals surface area contributed by atoms with Crippen molar-refractivity contribution < 1.29 is 159 Å². The summed E-state index contributed by atoms with van der Waals surface area (Å²) in [5.41, 5.74) is 5.48. The number of unbranched alkanes of at least 4 members (excludes halogenated alkanes) is 1. The second-order valence-electron chi connectivity index (χ2n) is 19.2. The van der Waals surface area contributed by atoms with Gasteiger partial charge >= 0.3 is 0 Å². The van der Waals surface area contributed by atoms with Crippen molar-refractivity contribution in [2.45, 2.75) is 203 Å². The number of nitrogens with one attached hydrogen (secondary N) is 1. The molecule has 34 heteroatoms. The number of carbonyl (C=O) groups is 1. The highest BCUT2D eigenvalue weighted by atomic mass is 16.8. The molecule has 22 N–H and O–H groups in total. The van der Waals surface area contributed by atoms with Gasteiger partial charge in [0.25, 0.3) is 0 Å². The van der Waals surface area contributed by atoms with E-state index in [0.29, 0.717) is 19.4 Å². The smallest absolute Gasteiger partial charge is 0.220 e. The van der Waals surface area contributed by atoms with Gasteiger partial charge in [0.1, 0.15) is 146 Å². The van der Waals surface area contributed by atoms with Gasteiger partial charge in [0, 0.05) is 13.0 Å². The van der Waals surface area contributed by atoms with Crippen LogP contribution in [0.25, 0.3) is 0 Å².